The molecule has 1 amide bonds. The second-order valence-electron chi connectivity index (χ2n) is 7.79. The van der Waals surface area contributed by atoms with Crippen LogP contribution in [0.15, 0.2) is 66.0 Å². The Morgan fingerprint density at radius 1 is 1.14 bits per heavy atom. The van der Waals surface area contributed by atoms with E-state index in [9.17, 15) is 17.6 Å². The van der Waals surface area contributed by atoms with Crippen LogP contribution in [0, 0.1) is 5.82 Å². The summed E-state index contributed by atoms with van der Waals surface area (Å²) in [4.78, 5) is 20.8. The fourth-order valence-corrected chi connectivity index (χ4v) is 4.70. The molecule has 0 atom stereocenters. The molecule has 0 aliphatic carbocycles. The number of nitrogens with two attached hydrogens (primary N) is 1. The molecule has 0 radical (unpaired) electrons. The molecule has 0 spiro atoms. The fourth-order valence-electron chi connectivity index (χ4n) is 3.54. The number of hydrogen-bond acceptors (Lipinski definition) is 8. The van der Waals surface area contributed by atoms with Crippen molar-refractivity contribution in [3.05, 3.63) is 77.6 Å². The number of sulfonamides is 1. The fraction of sp³-hybridized carbons (Fsp3) is 0.0455. The van der Waals surface area contributed by atoms with Gasteiger partial charge in [-0.05, 0) is 42.5 Å². The molecule has 0 saturated carbocycles. The number of aryl methyl sites for hydroxylation is 1. The van der Waals surface area contributed by atoms with Crippen LogP contribution in [-0.2, 0) is 17.1 Å². The van der Waals surface area contributed by atoms with Gasteiger partial charge in [-0.3, -0.25) is 14.2 Å². The number of hydrogen-bond donors (Lipinski definition) is 3. The zero-order chi connectivity index (χ0) is 26.3. The number of aromatic nitrogens is 6. The zero-order valence-corrected chi connectivity index (χ0v) is 20.5. The Morgan fingerprint density at radius 2 is 1.92 bits per heavy atom. The largest absolute Gasteiger partial charge is 0.384 e. The molecule has 4 N–H and O–H groups in total. The molecule has 0 saturated heterocycles. The molecule has 2 aromatic carbocycles. The topological polar surface area (TPSA) is 163 Å². The normalized spacial score (nSPS) is 11.5. The minimum Gasteiger partial charge on any atom is -0.384 e. The first kappa shape index (κ1) is 24.1. The van der Waals surface area contributed by atoms with Gasteiger partial charge in [0.05, 0.1) is 28.6 Å². The standard InChI is InChI=1S/C22H17ClFN9O3S/c1-32-20(21(34)28-12-3-5-17(24)16(23)8-12)15-4-2-13(9-18(15)30-32)31-37(35,36)14-10-27-33(11-14)22-26-7-6-19(25)29-22/h2-11,31H,1H3,(H,28,34)(H2,25,26,29). The monoisotopic (exact) mass is 541 g/mol. The van der Waals surface area contributed by atoms with Gasteiger partial charge < -0.3 is 11.1 Å². The predicted octanol–water partition coefficient (Wildman–Crippen LogP) is 2.98. The maximum Gasteiger partial charge on any atom is 0.274 e. The zero-order valence-electron chi connectivity index (χ0n) is 18.9. The van der Waals surface area contributed by atoms with Crippen molar-refractivity contribution in [2.75, 3.05) is 15.8 Å². The summed E-state index contributed by atoms with van der Waals surface area (Å²) < 4.78 is 44.3. The maximum absolute atomic E-state index is 13.4. The molecular formula is C22H17ClFN9O3S. The third kappa shape index (κ3) is 4.79. The summed E-state index contributed by atoms with van der Waals surface area (Å²) in [7, 11) is -2.45. The number of benzene rings is 2. The molecule has 188 valence electrons. The van der Waals surface area contributed by atoms with E-state index in [1.54, 1.807) is 13.1 Å². The van der Waals surface area contributed by atoms with Crippen LogP contribution in [0.5, 0.6) is 0 Å². The Balaban J connectivity index is 1.39. The Morgan fingerprint density at radius 3 is 2.68 bits per heavy atom. The SMILES string of the molecule is Cn1nc2cc(NS(=O)(=O)c3cnn(-c4nccc(N)n4)c3)ccc2c1C(=O)Nc1ccc(F)c(Cl)c1. The molecule has 12 nitrogen and oxygen atoms in total. The summed E-state index contributed by atoms with van der Waals surface area (Å²) in [6, 6.07) is 9.86. The van der Waals surface area contributed by atoms with Gasteiger partial charge in [0.2, 0.25) is 0 Å². The number of nitrogens with zero attached hydrogens (tertiary/aromatic N) is 6. The molecule has 3 heterocycles. The van der Waals surface area contributed by atoms with Gasteiger partial charge in [0.25, 0.3) is 21.9 Å². The molecule has 0 aliphatic rings. The van der Waals surface area contributed by atoms with Gasteiger partial charge in [-0.15, -0.1) is 0 Å². The van der Waals surface area contributed by atoms with Crippen molar-refractivity contribution in [3.63, 3.8) is 0 Å². The van der Waals surface area contributed by atoms with Gasteiger partial charge in [-0.2, -0.15) is 15.2 Å². The van der Waals surface area contributed by atoms with Gasteiger partial charge in [0.1, 0.15) is 22.2 Å². The van der Waals surface area contributed by atoms with Gasteiger partial charge in [-0.25, -0.2) is 22.5 Å². The first-order valence-corrected chi connectivity index (χ1v) is 12.4. The van der Waals surface area contributed by atoms with Crippen molar-refractivity contribution in [2.45, 2.75) is 4.90 Å². The lowest BCUT2D eigenvalue weighted by Crippen LogP contribution is -2.16. The van der Waals surface area contributed by atoms with Crippen molar-refractivity contribution >= 4 is 55.6 Å². The Labute approximate surface area is 213 Å². The maximum atomic E-state index is 13.4. The highest BCUT2D eigenvalue weighted by molar-refractivity contribution is 7.92. The summed E-state index contributed by atoms with van der Waals surface area (Å²) in [6.07, 6.45) is 3.83. The summed E-state index contributed by atoms with van der Waals surface area (Å²) in [5.41, 5.74) is 6.75. The average molecular weight is 542 g/mol. The molecule has 5 rings (SSSR count). The summed E-state index contributed by atoms with van der Waals surface area (Å²) in [5, 5.41) is 11.3. The minimum absolute atomic E-state index is 0.116. The molecule has 15 heteroatoms. The number of carbonyl (C=O) groups is 1. The first-order valence-electron chi connectivity index (χ1n) is 10.5. The van der Waals surface area contributed by atoms with E-state index in [1.165, 1.54) is 52.1 Å². The van der Waals surface area contributed by atoms with Crippen molar-refractivity contribution < 1.29 is 17.6 Å². The number of carbonyl (C=O) groups excluding carboxylic acids is 1. The molecular weight excluding hydrogens is 525 g/mol. The molecule has 0 aliphatic heterocycles. The van der Waals surface area contributed by atoms with Gasteiger partial charge in [-0.1, -0.05) is 11.6 Å². The Hall–Kier alpha value is -4.56. The lowest BCUT2D eigenvalue weighted by atomic mass is 10.2. The number of anilines is 3. The van der Waals surface area contributed by atoms with Crippen molar-refractivity contribution in [2.24, 2.45) is 7.05 Å². The number of fused-ring (bicyclic) bond motifs is 1. The number of rotatable bonds is 6. The highest BCUT2D eigenvalue weighted by atomic mass is 35.5. The molecule has 3 aromatic heterocycles. The molecule has 0 fully saturated rings. The second kappa shape index (κ2) is 9.15. The number of amides is 1. The van der Waals surface area contributed by atoms with Gasteiger partial charge in [0, 0.05) is 24.3 Å². The third-order valence-corrected chi connectivity index (χ3v) is 6.84. The molecule has 0 unspecified atom stereocenters. The highest BCUT2D eigenvalue weighted by Gasteiger charge is 2.21. The smallest absolute Gasteiger partial charge is 0.274 e. The van der Waals surface area contributed by atoms with Crippen LogP contribution in [0.1, 0.15) is 10.5 Å². The molecule has 5 aromatic rings. The van der Waals surface area contributed by atoms with E-state index < -0.39 is 21.7 Å². The third-order valence-electron chi connectivity index (χ3n) is 5.22. The number of nitrogen functional groups attached to an aromatic ring is 1. The number of nitrogens with one attached hydrogen (secondary N) is 2. The van der Waals surface area contributed by atoms with Crippen molar-refractivity contribution in [1.29, 1.82) is 0 Å². The predicted molar refractivity (Wildman–Crippen MR) is 134 cm³/mol. The second-order valence-corrected chi connectivity index (χ2v) is 9.88. The molecule has 0 bridgehead atoms. The van der Waals surface area contributed by atoms with Gasteiger partial charge >= 0.3 is 0 Å². The van der Waals surface area contributed by atoms with Crippen LogP contribution in [0.4, 0.5) is 21.6 Å². The van der Waals surface area contributed by atoms with E-state index >= 15 is 0 Å². The van der Waals surface area contributed by atoms with E-state index in [0.29, 0.717) is 16.6 Å². The Kier molecular flexibility index (Phi) is 5.97. The van der Waals surface area contributed by atoms with Crippen molar-refractivity contribution in [3.8, 4) is 5.95 Å². The first-order chi connectivity index (χ1) is 17.6. The Bertz CT molecular complexity index is 1790. The van der Waals surface area contributed by atoms with E-state index in [0.717, 1.165) is 12.3 Å². The van der Waals surface area contributed by atoms with Crippen LogP contribution in [-0.4, -0.2) is 43.9 Å². The van der Waals surface area contributed by atoms with E-state index in [1.807, 2.05) is 0 Å². The summed E-state index contributed by atoms with van der Waals surface area (Å²) >= 11 is 5.79. The van der Waals surface area contributed by atoms with Crippen LogP contribution in [0.25, 0.3) is 16.9 Å². The van der Waals surface area contributed by atoms with Crippen LogP contribution in [0.3, 0.4) is 0 Å². The minimum atomic E-state index is -4.02. The quantitative estimate of drug-likeness (QED) is 0.295. The molecule has 37 heavy (non-hydrogen) atoms. The van der Waals surface area contributed by atoms with Gasteiger partial charge in [0.15, 0.2) is 0 Å². The van der Waals surface area contributed by atoms with E-state index in [4.69, 9.17) is 17.3 Å². The average Bonchev–Trinajstić information content (AvgIpc) is 3.46. The van der Waals surface area contributed by atoms with E-state index in [2.05, 4.69) is 30.2 Å². The highest BCUT2D eigenvalue weighted by Crippen LogP contribution is 2.26. The van der Waals surface area contributed by atoms with Crippen LogP contribution >= 0.6 is 11.6 Å². The van der Waals surface area contributed by atoms with Crippen molar-refractivity contribution in [1.82, 2.24) is 29.5 Å². The number of halogens is 2. The lowest BCUT2D eigenvalue weighted by molar-refractivity contribution is 0.101. The van der Waals surface area contributed by atoms with E-state index in [-0.39, 0.29) is 33.1 Å². The van der Waals surface area contributed by atoms with Crippen LogP contribution in [0.2, 0.25) is 5.02 Å². The lowest BCUT2D eigenvalue weighted by Gasteiger charge is -2.07. The van der Waals surface area contributed by atoms with Crippen LogP contribution < -0.4 is 15.8 Å². The summed E-state index contributed by atoms with van der Waals surface area (Å²) in [5.74, 6) is -0.783. The summed E-state index contributed by atoms with van der Waals surface area (Å²) in [6.45, 7) is 0.